The van der Waals surface area contributed by atoms with Crippen LogP contribution in [0.5, 0.6) is 0 Å². The van der Waals surface area contributed by atoms with Gasteiger partial charge in [0.05, 0.1) is 12.5 Å². The van der Waals surface area contributed by atoms with Gasteiger partial charge in [0, 0.05) is 33.5 Å². The van der Waals surface area contributed by atoms with Gasteiger partial charge in [-0.2, -0.15) is 4.98 Å². The van der Waals surface area contributed by atoms with Gasteiger partial charge in [-0.25, -0.2) is 0 Å². The average Bonchev–Trinajstić information content (AvgIpc) is 3.15. The highest BCUT2D eigenvalue weighted by Gasteiger charge is 2.35. The monoisotopic (exact) mass is 342 g/mol. The zero-order chi connectivity index (χ0) is 18.0. The van der Waals surface area contributed by atoms with E-state index in [1.165, 1.54) is 5.56 Å². The van der Waals surface area contributed by atoms with Crippen LogP contribution in [0.1, 0.15) is 29.3 Å². The van der Waals surface area contributed by atoms with Gasteiger partial charge in [0.1, 0.15) is 0 Å². The fraction of sp³-hybridized carbons (Fsp3) is 0.444. The van der Waals surface area contributed by atoms with E-state index in [1.807, 2.05) is 31.2 Å². The van der Waals surface area contributed by atoms with Crippen molar-refractivity contribution in [3.05, 3.63) is 47.1 Å². The molecule has 2 heterocycles. The molecule has 2 amide bonds. The summed E-state index contributed by atoms with van der Waals surface area (Å²) in [6.45, 7) is 4.99. The van der Waals surface area contributed by atoms with Gasteiger partial charge in [-0.1, -0.05) is 35.0 Å². The molecule has 3 rings (SSSR count). The lowest BCUT2D eigenvalue weighted by molar-refractivity contribution is -0.135. The number of rotatable bonds is 5. The maximum Gasteiger partial charge on any atom is 0.228 e. The molecule has 0 radical (unpaired) electrons. The van der Waals surface area contributed by atoms with Crippen molar-refractivity contribution < 1.29 is 14.1 Å². The molecule has 1 aliphatic rings. The van der Waals surface area contributed by atoms with Crippen molar-refractivity contribution in [1.29, 1.82) is 0 Å². The molecule has 1 saturated heterocycles. The minimum absolute atomic E-state index is 0.0164. The first kappa shape index (κ1) is 17.1. The van der Waals surface area contributed by atoms with Crippen LogP contribution in [0, 0.1) is 19.8 Å². The number of carbonyl (C=O) groups excluding carboxylic acids is 2. The number of aryl methyl sites for hydroxylation is 2. The summed E-state index contributed by atoms with van der Waals surface area (Å²) in [4.78, 5) is 32.3. The number of aromatic nitrogens is 2. The predicted octanol–water partition coefficient (Wildman–Crippen LogP) is 1.69. The third-order valence-corrected chi connectivity index (χ3v) is 4.38. The summed E-state index contributed by atoms with van der Waals surface area (Å²) in [7, 11) is 1.70. The normalized spacial score (nSPS) is 17.2. The van der Waals surface area contributed by atoms with E-state index in [4.69, 9.17) is 4.52 Å². The number of amides is 2. The summed E-state index contributed by atoms with van der Waals surface area (Å²) in [5.74, 6) is 0.561. The van der Waals surface area contributed by atoms with E-state index in [1.54, 1.807) is 23.8 Å². The highest BCUT2D eigenvalue weighted by molar-refractivity contribution is 5.89. The molecular weight excluding hydrogens is 320 g/mol. The standard InChI is InChI=1S/C18H22N4O3/c1-12-4-6-14(7-5-12)9-22-10-15(8-17(22)23)18(24)21(3)11-16-19-13(2)25-20-16/h4-7,15H,8-11H2,1-3H3. The second kappa shape index (κ2) is 7.04. The largest absolute Gasteiger partial charge is 0.340 e. The molecule has 2 aromatic rings. The molecule has 7 heteroatoms. The molecule has 0 spiro atoms. The van der Waals surface area contributed by atoms with Crippen molar-refractivity contribution in [1.82, 2.24) is 19.9 Å². The van der Waals surface area contributed by atoms with Crippen LogP contribution >= 0.6 is 0 Å². The van der Waals surface area contributed by atoms with E-state index >= 15 is 0 Å². The summed E-state index contributed by atoms with van der Waals surface area (Å²) < 4.78 is 4.92. The van der Waals surface area contributed by atoms with Crippen molar-refractivity contribution >= 4 is 11.8 Å². The Morgan fingerprint density at radius 3 is 2.68 bits per heavy atom. The smallest absolute Gasteiger partial charge is 0.228 e. The van der Waals surface area contributed by atoms with Crippen LogP contribution in [-0.2, 0) is 22.7 Å². The molecule has 0 N–H and O–H groups in total. The molecule has 1 aromatic carbocycles. The van der Waals surface area contributed by atoms with Crippen molar-refractivity contribution in [2.45, 2.75) is 33.4 Å². The molecule has 25 heavy (non-hydrogen) atoms. The first-order valence-electron chi connectivity index (χ1n) is 8.30. The lowest BCUT2D eigenvalue weighted by atomic mass is 10.1. The van der Waals surface area contributed by atoms with Gasteiger partial charge in [0.15, 0.2) is 5.82 Å². The Morgan fingerprint density at radius 1 is 1.32 bits per heavy atom. The molecule has 0 aliphatic carbocycles. The number of hydrogen-bond acceptors (Lipinski definition) is 5. The van der Waals surface area contributed by atoms with Gasteiger partial charge < -0.3 is 14.3 Å². The molecule has 1 unspecified atom stereocenters. The van der Waals surface area contributed by atoms with Gasteiger partial charge in [-0.05, 0) is 12.5 Å². The number of nitrogens with zero attached hydrogens (tertiary/aromatic N) is 4. The van der Waals surface area contributed by atoms with E-state index in [2.05, 4.69) is 10.1 Å². The zero-order valence-electron chi connectivity index (χ0n) is 14.7. The van der Waals surface area contributed by atoms with Crippen molar-refractivity contribution in [3.63, 3.8) is 0 Å². The topological polar surface area (TPSA) is 79.5 Å². The molecular formula is C18H22N4O3. The van der Waals surface area contributed by atoms with Gasteiger partial charge in [0.2, 0.25) is 17.7 Å². The van der Waals surface area contributed by atoms with Crippen molar-refractivity contribution in [3.8, 4) is 0 Å². The predicted molar refractivity (Wildman–Crippen MR) is 90.2 cm³/mol. The quantitative estimate of drug-likeness (QED) is 0.826. The highest BCUT2D eigenvalue weighted by atomic mass is 16.5. The Morgan fingerprint density at radius 2 is 2.04 bits per heavy atom. The summed E-state index contributed by atoms with van der Waals surface area (Å²) in [6.07, 6.45) is 0.250. The third-order valence-electron chi connectivity index (χ3n) is 4.38. The lowest BCUT2D eigenvalue weighted by Crippen LogP contribution is -2.34. The summed E-state index contributed by atoms with van der Waals surface area (Å²) in [5.41, 5.74) is 2.26. The lowest BCUT2D eigenvalue weighted by Gasteiger charge is -2.20. The van der Waals surface area contributed by atoms with Crippen molar-refractivity contribution in [2.75, 3.05) is 13.6 Å². The van der Waals surface area contributed by atoms with Crippen molar-refractivity contribution in [2.24, 2.45) is 5.92 Å². The van der Waals surface area contributed by atoms with Crippen LogP contribution < -0.4 is 0 Å². The van der Waals surface area contributed by atoms with Gasteiger partial charge >= 0.3 is 0 Å². The molecule has 7 nitrogen and oxygen atoms in total. The number of likely N-dealkylation sites (tertiary alicyclic amines) is 1. The minimum Gasteiger partial charge on any atom is -0.340 e. The third kappa shape index (κ3) is 4.04. The molecule has 0 saturated carbocycles. The van der Waals surface area contributed by atoms with E-state index in [0.29, 0.717) is 24.8 Å². The molecule has 1 fully saturated rings. The summed E-state index contributed by atoms with van der Waals surface area (Å²) in [5, 5.41) is 3.80. The zero-order valence-corrected chi connectivity index (χ0v) is 14.7. The second-order valence-corrected chi connectivity index (χ2v) is 6.58. The van der Waals surface area contributed by atoms with E-state index in [-0.39, 0.29) is 30.7 Å². The first-order valence-corrected chi connectivity index (χ1v) is 8.30. The Labute approximate surface area is 146 Å². The fourth-order valence-corrected chi connectivity index (χ4v) is 3.01. The summed E-state index contributed by atoms with van der Waals surface area (Å²) >= 11 is 0. The Kier molecular flexibility index (Phi) is 4.83. The van der Waals surface area contributed by atoms with E-state index < -0.39 is 0 Å². The SMILES string of the molecule is Cc1ccc(CN2CC(C(=O)N(C)Cc3noc(C)n3)CC2=O)cc1. The Balaban J connectivity index is 1.59. The maximum atomic E-state index is 12.6. The summed E-state index contributed by atoms with van der Waals surface area (Å²) in [6, 6.07) is 8.09. The van der Waals surface area contributed by atoms with Crippen LogP contribution in [0.25, 0.3) is 0 Å². The Hall–Kier alpha value is -2.70. The minimum atomic E-state index is -0.323. The van der Waals surface area contributed by atoms with Gasteiger partial charge in [-0.3, -0.25) is 9.59 Å². The molecule has 1 aliphatic heterocycles. The molecule has 132 valence electrons. The van der Waals surface area contributed by atoms with Crippen LogP contribution in [0.15, 0.2) is 28.8 Å². The molecule has 0 bridgehead atoms. The molecule has 1 atom stereocenters. The fourth-order valence-electron chi connectivity index (χ4n) is 3.01. The number of benzene rings is 1. The van der Waals surface area contributed by atoms with Crippen LogP contribution in [0.3, 0.4) is 0 Å². The van der Waals surface area contributed by atoms with Gasteiger partial charge in [-0.15, -0.1) is 0 Å². The van der Waals surface area contributed by atoms with Crippen LogP contribution in [0.4, 0.5) is 0 Å². The van der Waals surface area contributed by atoms with Crippen LogP contribution in [0.2, 0.25) is 0 Å². The molecule has 1 aromatic heterocycles. The average molecular weight is 342 g/mol. The van der Waals surface area contributed by atoms with E-state index in [0.717, 1.165) is 5.56 Å². The van der Waals surface area contributed by atoms with Crippen LogP contribution in [-0.4, -0.2) is 45.3 Å². The first-order chi connectivity index (χ1) is 11.9. The number of hydrogen-bond donors (Lipinski definition) is 0. The van der Waals surface area contributed by atoms with E-state index in [9.17, 15) is 9.59 Å². The highest BCUT2D eigenvalue weighted by Crippen LogP contribution is 2.22. The second-order valence-electron chi connectivity index (χ2n) is 6.58. The maximum absolute atomic E-state index is 12.6. The number of carbonyl (C=O) groups is 2. The van der Waals surface area contributed by atoms with Gasteiger partial charge in [0.25, 0.3) is 0 Å². The Bertz CT molecular complexity index is 769.